The Morgan fingerprint density at radius 1 is 0.667 bits per heavy atom. The molecule has 0 aromatic rings. The summed E-state index contributed by atoms with van der Waals surface area (Å²) in [5.74, 6) is 0. The van der Waals surface area contributed by atoms with Gasteiger partial charge in [0.15, 0.2) is 0 Å². The van der Waals surface area contributed by atoms with Crippen molar-refractivity contribution in [3.05, 3.63) is 24.3 Å². The topological polar surface area (TPSA) is 77.8 Å². The van der Waals surface area contributed by atoms with Crippen LogP contribution in [0.1, 0.15) is 116 Å². The zero-order chi connectivity index (χ0) is 25.1. The molecule has 196 valence electrons. The van der Waals surface area contributed by atoms with Crippen molar-refractivity contribution in [3.8, 4) is 0 Å². The predicted octanol–water partition coefficient (Wildman–Crippen LogP) is 7.32. The fourth-order valence-electron chi connectivity index (χ4n) is 4.16. The molecule has 0 saturated heterocycles. The maximum absolute atomic E-state index is 11.8. The summed E-state index contributed by atoms with van der Waals surface area (Å²) in [7, 11) is 0.934. The van der Waals surface area contributed by atoms with Gasteiger partial charge in [0, 0.05) is 0 Å². The third-order valence-electron chi connectivity index (χ3n) is 6.03. The summed E-state index contributed by atoms with van der Waals surface area (Å²) in [4.78, 5) is 19.2. The van der Waals surface area contributed by atoms with Gasteiger partial charge in [0.1, 0.15) is 6.54 Å². The Morgan fingerprint density at radius 3 is 1.48 bits per heavy atom. The van der Waals surface area contributed by atoms with Gasteiger partial charge in [-0.2, -0.15) is 0 Å². The molecule has 0 aliphatic rings. The Labute approximate surface area is 205 Å². The second-order valence-corrected chi connectivity index (χ2v) is 12.6. The van der Waals surface area contributed by atoms with Gasteiger partial charge in [0.2, 0.25) is 5.34 Å². The second kappa shape index (κ2) is 18.8. The first-order chi connectivity index (χ1) is 15.5. The van der Waals surface area contributed by atoms with Crippen LogP contribution in [0.3, 0.4) is 0 Å². The average Bonchev–Trinajstić information content (AvgIpc) is 2.70. The first-order valence-electron chi connectivity index (χ1n) is 13.4. The van der Waals surface area contributed by atoms with Crippen molar-refractivity contribution in [1.29, 1.82) is 0 Å². The third-order valence-corrected chi connectivity index (χ3v) is 7.47. The van der Waals surface area contributed by atoms with E-state index in [1.54, 1.807) is 0 Å². The maximum atomic E-state index is 11.8. The normalized spacial score (nSPS) is 15.0. The van der Waals surface area contributed by atoms with E-state index in [4.69, 9.17) is 0 Å². The van der Waals surface area contributed by atoms with E-state index in [0.29, 0.717) is 10.9 Å². The Morgan fingerprint density at radius 2 is 1.06 bits per heavy atom. The van der Waals surface area contributed by atoms with Crippen molar-refractivity contribution in [3.63, 3.8) is 0 Å². The molecular weight excluding hydrogens is 433 g/mol. The lowest BCUT2D eigenvalue weighted by atomic mass is 10.1. The van der Waals surface area contributed by atoms with E-state index in [0.717, 1.165) is 32.1 Å². The van der Waals surface area contributed by atoms with Crippen LogP contribution in [-0.2, 0) is 4.57 Å². The molecule has 0 spiro atoms. The second-order valence-electron chi connectivity index (χ2n) is 10.7. The molecular formula is C27H55NO4P+. The van der Waals surface area contributed by atoms with Crippen LogP contribution >= 0.6 is 7.60 Å². The summed E-state index contributed by atoms with van der Waals surface area (Å²) < 4.78 is 12.1. The monoisotopic (exact) mass is 488 g/mol. The molecule has 3 N–H and O–H groups in total. The molecule has 0 amide bonds. The van der Waals surface area contributed by atoms with Gasteiger partial charge in [-0.1, -0.05) is 89.0 Å². The maximum Gasteiger partial charge on any atom is 0.362 e. The van der Waals surface area contributed by atoms with E-state index in [-0.39, 0.29) is 13.0 Å². The van der Waals surface area contributed by atoms with Gasteiger partial charge in [0.05, 0.1) is 21.1 Å². The highest BCUT2D eigenvalue weighted by Crippen LogP contribution is 2.52. The van der Waals surface area contributed by atoms with Gasteiger partial charge in [0.25, 0.3) is 0 Å². The predicted molar refractivity (Wildman–Crippen MR) is 142 cm³/mol. The van der Waals surface area contributed by atoms with Crippen molar-refractivity contribution < 1.29 is 23.9 Å². The van der Waals surface area contributed by atoms with Crippen LogP contribution in [0.4, 0.5) is 0 Å². The molecule has 0 bridgehead atoms. The van der Waals surface area contributed by atoms with E-state index in [2.05, 4.69) is 31.2 Å². The number of hydrogen-bond donors (Lipinski definition) is 3. The smallest absolute Gasteiger partial charge is 0.362 e. The summed E-state index contributed by atoms with van der Waals surface area (Å²) in [5, 5.41) is 8.61. The number of likely N-dealkylation sites (N-methyl/N-ethyl adjacent to an activating group) is 1. The van der Waals surface area contributed by atoms with E-state index >= 15 is 0 Å². The van der Waals surface area contributed by atoms with Crippen molar-refractivity contribution in [1.82, 2.24) is 0 Å². The summed E-state index contributed by atoms with van der Waals surface area (Å²) >= 11 is 0. The molecule has 6 heteroatoms. The quantitative estimate of drug-likeness (QED) is 0.0645. The molecule has 0 aliphatic heterocycles. The van der Waals surface area contributed by atoms with Crippen LogP contribution in [0.15, 0.2) is 24.3 Å². The van der Waals surface area contributed by atoms with Gasteiger partial charge in [-0.15, -0.1) is 0 Å². The highest BCUT2D eigenvalue weighted by Gasteiger charge is 2.48. The third kappa shape index (κ3) is 19.5. The van der Waals surface area contributed by atoms with Crippen molar-refractivity contribution in [2.24, 2.45) is 0 Å². The number of quaternary nitrogens is 1. The molecule has 0 heterocycles. The van der Waals surface area contributed by atoms with Gasteiger partial charge in [-0.25, -0.2) is 0 Å². The molecule has 0 rings (SSSR count). The minimum absolute atomic E-state index is 0.0455. The fraction of sp³-hybridized carbons (Fsp3) is 0.852. The van der Waals surface area contributed by atoms with Crippen LogP contribution in [0.25, 0.3) is 0 Å². The summed E-state index contributed by atoms with van der Waals surface area (Å²) in [5.41, 5.74) is 0. The highest BCUT2D eigenvalue weighted by molar-refractivity contribution is 7.53. The Balaban J connectivity index is 3.68. The summed E-state index contributed by atoms with van der Waals surface area (Å²) in [6.07, 6.45) is 28.4. The lowest BCUT2D eigenvalue weighted by Crippen LogP contribution is -2.49. The SMILES string of the molecule is CCCCCCCCCCC/C=C\CC/C=C\CCCCCC(O)(C[N+](C)(C)C)P(=O)(O)O. The molecule has 0 aromatic carbocycles. The molecule has 5 nitrogen and oxygen atoms in total. The lowest BCUT2D eigenvalue weighted by Gasteiger charge is -2.35. The van der Waals surface area contributed by atoms with E-state index < -0.39 is 12.9 Å². The van der Waals surface area contributed by atoms with Gasteiger partial charge >= 0.3 is 7.60 Å². The van der Waals surface area contributed by atoms with Crippen molar-refractivity contribution in [2.75, 3.05) is 27.7 Å². The van der Waals surface area contributed by atoms with Crippen LogP contribution in [-0.4, -0.2) is 52.4 Å². The van der Waals surface area contributed by atoms with Gasteiger partial charge < -0.3 is 19.4 Å². The Hall–Kier alpha value is -0.450. The first kappa shape index (κ1) is 32.5. The number of nitrogens with zero attached hydrogens (tertiary/aromatic N) is 1. The highest BCUT2D eigenvalue weighted by atomic mass is 31.2. The summed E-state index contributed by atoms with van der Waals surface area (Å²) in [6.45, 7) is 2.31. The number of hydrogen-bond acceptors (Lipinski definition) is 2. The molecule has 1 unspecified atom stereocenters. The van der Waals surface area contributed by atoms with Crippen LogP contribution in [0.5, 0.6) is 0 Å². The molecule has 0 saturated carbocycles. The number of allylic oxidation sites excluding steroid dienone is 4. The number of aliphatic hydroxyl groups is 1. The zero-order valence-corrected chi connectivity index (χ0v) is 23.1. The molecule has 0 aliphatic carbocycles. The number of rotatable bonds is 22. The minimum atomic E-state index is -4.56. The van der Waals surface area contributed by atoms with Crippen LogP contribution < -0.4 is 0 Å². The van der Waals surface area contributed by atoms with Gasteiger partial charge in [-0.05, 0) is 51.4 Å². The Kier molecular flexibility index (Phi) is 18.6. The Bertz CT molecular complexity index is 565. The van der Waals surface area contributed by atoms with E-state index in [1.807, 2.05) is 21.1 Å². The van der Waals surface area contributed by atoms with Crippen LogP contribution in [0, 0.1) is 0 Å². The first-order valence-corrected chi connectivity index (χ1v) is 15.0. The number of unbranched alkanes of at least 4 members (excludes halogenated alkanes) is 13. The lowest BCUT2D eigenvalue weighted by molar-refractivity contribution is -0.875. The largest absolute Gasteiger partial charge is 0.373 e. The molecule has 33 heavy (non-hydrogen) atoms. The van der Waals surface area contributed by atoms with Crippen LogP contribution in [0.2, 0.25) is 0 Å². The van der Waals surface area contributed by atoms with E-state index in [1.165, 1.54) is 64.2 Å². The van der Waals surface area contributed by atoms with E-state index in [9.17, 15) is 19.5 Å². The van der Waals surface area contributed by atoms with Crippen molar-refractivity contribution in [2.45, 2.75) is 121 Å². The average molecular weight is 489 g/mol. The summed E-state index contributed by atoms with van der Waals surface area (Å²) in [6, 6.07) is 0. The molecule has 0 fully saturated rings. The zero-order valence-electron chi connectivity index (χ0n) is 22.2. The standard InChI is InChI=1S/C27H54NO4P/c1-5-6-7-8-9-10-11-12-13-14-15-16-17-18-19-20-21-22-23-24-25-27(29,33(30,31)32)26-28(2,3)4/h15-16,19-20,29H,5-14,17-18,21-26H2,1-4H3,(H-,30,31,32)/p+1/b16-15-,20-19-. The fourth-order valence-corrected chi connectivity index (χ4v) is 5.22. The van der Waals surface area contributed by atoms with Crippen molar-refractivity contribution >= 4 is 7.60 Å². The molecule has 0 radical (unpaired) electrons. The van der Waals surface area contributed by atoms with Gasteiger partial charge in [-0.3, -0.25) is 4.57 Å². The minimum Gasteiger partial charge on any atom is -0.373 e. The molecule has 0 aromatic heterocycles. The molecule has 1 atom stereocenters.